The van der Waals surface area contributed by atoms with E-state index >= 15 is 0 Å². The number of hydrogen-bond acceptors (Lipinski definition) is 4. The number of fused-ring (bicyclic) bond motifs is 1. The van der Waals surface area contributed by atoms with E-state index in [1.807, 2.05) is 13.1 Å². The summed E-state index contributed by atoms with van der Waals surface area (Å²) in [7, 11) is 0. The van der Waals surface area contributed by atoms with E-state index in [-0.39, 0.29) is 5.82 Å². The number of rotatable bonds is 5. The van der Waals surface area contributed by atoms with Crippen molar-refractivity contribution in [2.24, 2.45) is 0 Å². The molecule has 2 aromatic heterocycles. The molecule has 0 bridgehead atoms. The third kappa shape index (κ3) is 2.90. The Morgan fingerprint density at radius 3 is 3.00 bits per heavy atom. The maximum absolute atomic E-state index is 13.5. The lowest BCUT2D eigenvalue weighted by atomic mass is 10.1. The highest BCUT2D eigenvalue weighted by molar-refractivity contribution is 5.69. The van der Waals surface area contributed by atoms with Crippen molar-refractivity contribution in [3.8, 4) is 16.9 Å². The molecule has 0 amide bonds. The smallest absolute Gasteiger partial charge is 0.252 e. The first kappa shape index (κ1) is 14.4. The standard InChI is InChI=1S/C16H17FN4O/c1-3-4-7-22-15-8-13(17)5-6-14(15)12-9-18-16-19-11(2)20-21(16)10-12/h5-6,8-10H,3-4,7H2,1-2H3. The lowest BCUT2D eigenvalue weighted by Crippen LogP contribution is -2.00. The number of aromatic nitrogens is 4. The summed E-state index contributed by atoms with van der Waals surface area (Å²) < 4.78 is 20.8. The number of aryl methyl sites for hydroxylation is 1. The van der Waals surface area contributed by atoms with Crippen molar-refractivity contribution >= 4 is 5.78 Å². The third-order valence-electron chi connectivity index (χ3n) is 3.31. The largest absolute Gasteiger partial charge is 0.493 e. The average Bonchev–Trinajstić information content (AvgIpc) is 2.87. The van der Waals surface area contributed by atoms with Crippen LogP contribution in [-0.4, -0.2) is 26.2 Å². The fourth-order valence-electron chi connectivity index (χ4n) is 2.21. The molecule has 0 radical (unpaired) electrons. The molecule has 0 atom stereocenters. The van der Waals surface area contributed by atoms with Crippen molar-refractivity contribution in [2.45, 2.75) is 26.7 Å². The van der Waals surface area contributed by atoms with Gasteiger partial charge in [-0.1, -0.05) is 13.3 Å². The normalized spacial score (nSPS) is 11.0. The van der Waals surface area contributed by atoms with Gasteiger partial charge in [0.25, 0.3) is 5.78 Å². The lowest BCUT2D eigenvalue weighted by Gasteiger charge is -2.11. The Balaban J connectivity index is 2.00. The monoisotopic (exact) mass is 300 g/mol. The van der Waals surface area contributed by atoms with Gasteiger partial charge in [-0.05, 0) is 25.5 Å². The van der Waals surface area contributed by atoms with Gasteiger partial charge in [-0.25, -0.2) is 13.9 Å². The summed E-state index contributed by atoms with van der Waals surface area (Å²) in [5, 5.41) is 4.25. The van der Waals surface area contributed by atoms with Crippen molar-refractivity contribution < 1.29 is 9.13 Å². The van der Waals surface area contributed by atoms with E-state index in [1.165, 1.54) is 12.1 Å². The Kier molecular flexibility index (Phi) is 4.00. The molecule has 114 valence electrons. The quantitative estimate of drug-likeness (QED) is 0.677. The number of unbranched alkanes of at least 4 members (excludes halogenated alkanes) is 1. The molecule has 3 aromatic rings. The van der Waals surface area contributed by atoms with Gasteiger partial charge in [-0.15, -0.1) is 0 Å². The molecular formula is C16H17FN4O. The number of hydrogen-bond donors (Lipinski definition) is 0. The molecule has 0 aliphatic carbocycles. The first-order valence-electron chi connectivity index (χ1n) is 7.29. The number of halogens is 1. The Bertz CT molecular complexity index is 800. The maximum Gasteiger partial charge on any atom is 0.252 e. The fourth-order valence-corrected chi connectivity index (χ4v) is 2.21. The maximum atomic E-state index is 13.5. The van der Waals surface area contributed by atoms with Crippen LogP contribution in [0.5, 0.6) is 5.75 Å². The summed E-state index contributed by atoms with van der Waals surface area (Å²) in [6.45, 7) is 4.46. The van der Waals surface area contributed by atoms with Gasteiger partial charge in [0.1, 0.15) is 17.4 Å². The molecule has 0 aliphatic rings. The number of benzene rings is 1. The van der Waals surface area contributed by atoms with Crippen molar-refractivity contribution in [3.63, 3.8) is 0 Å². The van der Waals surface area contributed by atoms with Gasteiger partial charge in [0.05, 0.1) is 6.61 Å². The SMILES string of the molecule is CCCCOc1cc(F)ccc1-c1cnc2nc(C)nn2c1. The summed E-state index contributed by atoms with van der Waals surface area (Å²) in [4.78, 5) is 8.47. The van der Waals surface area contributed by atoms with E-state index in [0.29, 0.717) is 24.0 Å². The lowest BCUT2D eigenvalue weighted by molar-refractivity contribution is 0.309. The van der Waals surface area contributed by atoms with Crippen LogP contribution in [0.4, 0.5) is 4.39 Å². The van der Waals surface area contributed by atoms with Gasteiger partial charge in [0.15, 0.2) is 0 Å². The Morgan fingerprint density at radius 1 is 1.32 bits per heavy atom. The molecule has 0 spiro atoms. The first-order valence-corrected chi connectivity index (χ1v) is 7.29. The number of nitrogens with zero attached hydrogens (tertiary/aromatic N) is 4. The molecular weight excluding hydrogens is 283 g/mol. The van der Waals surface area contributed by atoms with Crippen LogP contribution in [0.25, 0.3) is 16.9 Å². The summed E-state index contributed by atoms with van der Waals surface area (Å²) in [6.07, 6.45) is 5.47. The minimum absolute atomic E-state index is 0.319. The van der Waals surface area contributed by atoms with Crippen molar-refractivity contribution in [2.75, 3.05) is 6.61 Å². The minimum Gasteiger partial charge on any atom is -0.493 e. The molecule has 22 heavy (non-hydrogen) atoms. The van der Waals surface area contributed by atoms with Crippen molar-refractivity contribution in [1.29, 1.82) is 0 Å². The summed E-state index contributed by atoms with van der Waals surface area (Å²) >= 11 is 0. The Labute approximate surface area is 127 Å². The molecule has 0 saturated heterocycles. The van der Waals surface area contributed by atoms with Gasteiger partial charge in [0, 0.05) is 29.6 Å². The van der Waals surface area contributed by atoms with E-state index in [4.69, 9.17) is 4.74 Å². The molecule has 0 aliphatic heterocycles. The number of ether oxygens (including phenoxy) is 1. The van der Waals surface area contributed by atoms with Crippen LogP contribution in [-0.2, 0) is 0 Å². The van der Waals surface area contributed by atoms with Gasteiger partial charge in [0.2, 0.25) is 0 Å². The van der Waals surface area contributed by atoms with Gasteiger partial charge in [-0.2, -0.15) is 10.1 Å². The average molecular weight is 300 g/mol. The second kappa shape index (κ2) is 6.09. The van der Waals surface area contributed by atoms with Crippen molar-refractivity contribution in [1.82, 2.24) is 19.6 Å². The zero-order valence-electron chi connectivity index (χ0n) is 12.6. The van der Waals surface area contributed by atoms with Crippen LogP contribution in [0.15, 0.2) is 30.6 Å². The molecule has 2 heterocycles. The Hall–Kier alpha value is -2.50. The first-order chi connectivity index (χ1) is 10.7. The third-order valence-corrected chi connectivity index (χ3v) is 3.31. The topological polar surface area (TPSA) is 52.3 Å². The van der Waals surface area contributed by atoms with Gasteiger partial charge >= 0.3 is 0 Å². The highest BCUT2D eigenvalue weighted by Gasteiger charge is 2.10. The second-order valence-corrected chi connectivity index (χ2v) is 5.09. The molecule has 6 heteroatoms. The molecule has 0 N–H and O–H groups in total. The predicted octanol–water partition coefficient (Wildman–Crippen LogP) is 3.42. The molecule has 0 fully saturated rings. The highest BCUT2D eigenvalue weighted by Crippen LogP contribution is 2.30. The zero-order chi connectivity index (χ0) is 15.5. The van der Waals surface area contributed by atoms with Gasteiger partial charge < -0.3 is 4.74 Å². The van der Waals surface area contributed by atoms with Crippen LogP contribution in [0.1, 0.15) is 25.6 Å². The second-order valence-electron chi connectivity index (χ2n) is 5.09. The van der Waals surface area contributed by atoms with Crippen LogP contribution < -0.4 is 4.74 Å². The molecule has 1 aromatic carbocycles. The van der Waals surface area contributed by atoms with Crippen LogP contribution in [0.2, 0.25) is 0 Å². The summed E-state index contributed by atoms with van der Waals surface area (Å²) in [5.74, 6) is 1.40. The minimum atomic E-state index is -0.319. The van der Waals surface area contributed by atoms with E-state index in [1.54, 1.807) is 16.8 Å². The highest BCUT2D eigenvalue weighted by atomic mass is 19.1. The van der Waals surface area contributed by atoms with Crippen LogP contribution in [0.3, 0.4) is 0 Å². The van der Waals surface area contributed by atoms with E-state index < -0.39 is 0 Å². The Morgan fingerprint density at radius 2 is 2.18 bits per heavy atom. The van der Waals surface area contributed by atoms with Gasteiger partial charge in [-0.3, -0.25) is 0 Å². The van der Waals surface area contributed by atoms with Crippen molar-refractivity contribution in [3.05, 3.63) is 42.2 Å². The molecule has 0 unspecified atom stereocenters. The summed E-state index contributed by atoms with van der Waals surface area (Å²) in [5.41, 5.74) is 1.60. The van der Waals surface area contributed by atoms with E-state index in [2.05, 4.69) is 22.0 Å². The van der Waals surface area contributed by atoms with E-state index in [0.717, 1.165) is 24.0 Å². The molecule has 3 rings (SSSR count). The fraction of sp³-hybridized carbons (Fsp3) is 0.312. The molecule has 5 nitrogen and oxygen atoms in total. The van der Waals surface area contributed by atoms with Crippen LogP contribution in [0, 0.1) is 12.7 Å². The van der Waals surface area contributed by atoms with E-state index in [9.17, 15) is 4.39 Å². The van der Waals surface area contributed by atoms with Crippen LogP contribution >= 0.6 is 0 Å². The predicted molar refractivity (Wildman–Crippen MR) is 81.3 cm³/mol. The molecule has 0 saturated carbocycles. The summed E-state index contributed by atoms with van der Waals surface area (Å²) in [6, 6.07) is 4.52. The zero-order valence-corrected chi connectivity index (χ0v) is 12.6.